The monoisotopic (exact) mass is 182 g/mol. The first kappa shape index (κ1) is 8.58. The molecule has 0 radical (unpaired) electrons. The Labute approximate surface area is 83.2 Å². The number of benzene rings is 1. The molecule has 0 bridgehead atoms. The van der Waals surface area contributed by atoms with E-state index in [1.54, 1.807) is 0 Å². The lowest BCUT2D eigenvalue weighted by Gasteiger charge is -2.05. The van der Waals surface area contributed by atoms with Crippen LogP contribution in [-0.4, -0.2) is 4.57 Å². The van der Waals surface area contributed by atoms with Crippen LogP contribution in [0.25, 0.3) is 10.5 Å². The van der Waals surface area contributed by atoms with E-state index < -0.39 is 0 Å². The summed E-state index contributed by atoms with van der Waals surface area (Å²) in [6, 6.07) is 9.80. The fourth-order valence-corrected chi connectivity index (χ4v) is 1.44. The lowest BCUT2D eigenvalue weighted by molar-refractivity contribution is 1.08. The highest BCUT2D eigenvalue weighted by molar-refractivity contribution is 5.63. The Morgan fingerprint density at radius 3 is 2.57 bits per heavy atom. The van der Waals surface area contributed by atoms with Gasteiger partial charge in [-0.2, -0.15) is 0 Å². The molecule has 0 unspecified atom stereocenters. The third kappa shape index (κ3) is 1.40. The van der Waals surface area contributed by atoms with Crippen molar-refractivity contribution in [2.45, 2.75) is 6.92 Å². The van der Waals surface area contributed by atoms with Crippen LogP contribution in [0.3, 0.4) is 0 Å². The van der Waals surface area contributed by atoms with Gasteiger partial charge in [0.1, 0.15) is 0 Å². The summed E-state index contributed by atoms with van der Waals surface area (Å²) >= 11 is 0. The highest BCUT2D eigenvalue weighted by Gasteiger charge is 2.02. The molecule has 1 aromatic carbocycles. The second-order valence-electron chi connectivity index (χ2n) is 3.19. The summed E-state index contributed by atoms with van der Waals surface area (Å²) in [5.41, 5.74) is 2.75. The Morgan fingerprint density at radius 1 is 1.21 bits per heavy atom. The molecule has 0 amide bonds. The minimum atomic E-state index is 0.696. The Hall–Kier alpha value is -2.01. The smallest absolute Gasteiger partial charge is 0.210 e. The molecule has 0 aliphatic rings. The van der Waals surface area contributed by atoms with Crippen LogP contribution in [0.1, 0.15) is 5.56 Å². The van der Waals surface area contributed by atoms with E-state index in [0.29, 0.717) is 5.69 Å². The second-order valence-corrected chi connectivity index (χ2v) is 3.19. The summed E-state index contributed by atoms with van der Waals surface area (Å²) in [5, 5.41) is 0. The molecule has 2 rings (SSSR count). The molecule has 2 heteroatoms. The highest BCUT2D eigenvalue weighted by Crippen LogP contribution is 2.24. The molecule has 68 valence electrons. The van der Waals surface area contributed by atoms with Gasteiger partial charge < -0.3 is 4.57 Å². The third-order valence-electron chi connectivity index (χ3n) is 2.13. The molecule has 14 heavy (non-hydrogen) atoms. The summed E-state index contributed by atoms with van der Waals surface area (Å²) in [4.78, 5) is 3.52. The van der Waals surface area contributed by atoms with Crippen molar-refractivity contribution in [3.8, 4) is 5.69 Å². The number of hydrogen-bond acceptors (Lipinski definition) is 0. The maximum absolute atomic E-state index is 7.10. The SMILES string of the molecule is [C-]#[N+]c1cc(C)ccc1-n1cccc1. The maximum atomic E-state index is 7.10. The summed E-state index contributed by atoms with van der Waals surface area (Å²) in [6.07, 6.45) is 3.89. The summed E-state index contributed by atoms with van der Waals surface area (Å²) in [7, 11) is 0. The average Bonchev–Trinajstić information content (AvgIpc) is 2.70. The van der Waals surface area contributed by atoms with E-state index in [4.69, 9.17) is 6.57 Å². The Bertz CT molecular complexity index is 476. The lowest BCUT2D eigenvalue weighted by atomic mass is 10.2. The first-order chi connectivity index (χ1) is 6.81. The van der Waals surface area contributed by atoms with Gasteiger partial charge in [0.2, 0.25) is 5.69 Å². The second kappa shape index (κ2) is 3.39. The summed E-state index contributed by atoms with van der Waals surface area (Å²) in [6.45, 7) is 9.09. The molecule has 0 fully saturated rings. The van der Waals surface area contributed by atoms with E-state index in [0.717, 1.165) is 11.3 Å². The first-order valence-electron chi connectivity index (χ1n) is 4.43. The number of rotatable bonds is 1. The van der Waals surface area contributed by atoms with Crippen molar-refractivity contribution < 1.29 is 0 Å². The predicted molar refractivity (Wildman–Crippen MR) is 56.8 cm³/mol. The van der Waals surface area contributed by atoms with Gasteiger partial charge in [0.25, 0.3) is 0 Å². The number of aromatic nitrogens is 1. The Balaban J connectivity index is 2.60. The van der Waals surface area contributed by atoms with Gasteiger partial charge in [0.15, 0.2) is 0 Å². The van der Waals surface area contributed by atoms with Gasteiger partial charge in [-0.05, 0) is 25.1 Å². The fourth-order valence-electron chi connectivity index (χ4n) is 1.44. The molecule has 2 nitrogen and oxygen atoms in total. The fraction of sp³-hybridized carbons (Fsp3) is 0.0833. The molecule has 0 N–H and O–H groups in total. The van der Waals surface area contributed by atoms with Gasteiger partial charge in [-0.25, -0.2) is 4.85 Å². The van der Waals surface area contributed by atoms with Crippen LogP contribution < -0.4 is 0 Å². The van der Waals surface area contributed by atoms with Crippen LogP contribution >= 0.6 is 0 Å². The molecular formula is C12H10N2. The van der Waals surface area contributed by atoms with Gasteiger partial charge in [0.05, 0.1) is 12.3 Å². The van der Waals surface area contributed by atoms with Crippen LogP contribution in [0.2, 0.25) is 0 Å². The van der Waals surface area contributed by atoms with E-state index in [9.17, 15) is 0 Å². The minimum Gasteiger partial charge on any atom is -0.334 e. The van der Waals surface area contributed by atoms with Crippen molar-refractivity contribution in [3.63, 3.8) is 0 Å². The predicted octanol–water partition coefficient (Wildman–Crippen LogP) is 3.34. The Morgan fingerprint density at radius 2 is 1.93 bits per heavy atom. The van der Waals surface area contributed by atoms with Gasteiger partial charge in [-0.1, -0.05) is 17.7 Å². The quantitative estimate of drug-likeness (QED) is 0.598. The van der Waals surface area contributed by atoms with Gasteiger partial charge >= 0.3 is 0 Å². The molecule has 2 aromatic rings. The highest BCUT2D eigenvalue weighted by atomic mass is 15.0. The number of nitrogens with zero attached hydrogens (tertiary/aromatic N) is 2. The molecule has 0 atom stereocenters. The summed E-state index contributed by atoms with van der Waals surface area (Å²) < 4.78 is 1.95. The van der Waals surface area contributed by atoms with Gasteiger partial charge in [0, 0.05) is 12.4 Å². The van der Waals surface area contributed by atoms with Crippen molar-refractivity contribution in [3.05, 3.63) is 59.7 Å². The van der Waals surface area contributed by atoms with Crippen molar-refractivity contribution in [2.75, 3.05) is 0 Å². The standard InChI is InChI=1S/C12H10N2/c1-10-5-6-12(11(9-10)13-2)14-7-3-4-8-14/h3-9H,1H3. The number of aryl methyl sites for hydroxylation is 1. The van der Waals surface area contributed by atoms with Crippen LogP contribution in [0.5, 0.6) is 0 Å². The van der Waals surface area contributed by atoms with Gasteiger partial charge in [-0.3, -0.25) is 0 Å². The normalized spacial score (nSPS) is 9.71. The topological polar surface area (TPSA) is 9.29 Å². The van der Waals surface area contributed by atoms with Crippen molar-refractivity contribution >= 4 is 5.69 Å². The molecule has 1 aromatic heterocycles. The van der Waals surface area contributed by atoms with E-state index in [-0.39, 0.29) is 0 Å². The first-order valence-corrected chi connectivity index (χ1v) is 4.43. The molecular weight excluding hydrogens is 172 g/mol. The lowest BCUT2D eigenvalue weighted by Crippen LogP contribution is -1.89. The van der Waals surface area contributed by atoms with E-state index in [1.165, 1.54) is 0 Å². The molecule has 0 saturated carbocycles. The zero-order valence-electron chi connectivity index (χ0n) is 7.94. The average molecular weight is 182 g/mol. The van der Waals surface area contributed by atoms with Crippen LogP contribution in [0, 0.1) is 13.5 Å². The van der Waals surface area contributed by atoms with E-state index in [2.05, 4.69) is 4.85 Å². The number of hydrogen-bond donors (Lipinski definition) is 0. The Kier molecular flexibility index (Phi) is 2.08. The third-order valence-corrected chi connectivity index (χ3v) is 2.13. The molecule has 0 aliphatic heterocycles. The van der Waals surface area contributed by atoms with Crippen molar-refractivity contribution in [2.24, 2.45) is 0 Å². The molecule has 0 spiro atoms. The van der Waals surface area contributed by atoms with E-state index in [1.807, 2.05) is 54.2 Å². The molecule has 1 heterocycles. The van der Waals surface area contributed by atoms with Crippen LogP contribution in [-0.2, 0) is 0 Å². The largest absolute Gasteiger partial charge is 0.334 e. The minimum absolute atomic E-state index is 0.696. The molecule has 0 aliphatic carbocycles. The summed E-state index contributed by atoms with van der Waals surface area (Å²) in [5.74, 6) is 0. The zero-order valence-corrected chi connectivity index (χ0v) is 7.94. The zero-order chi connectivity index (χ0) is 9.97. The molecule has 0 saturated heterocycles. The van der Waals surface area contributed by atoms with Gasteiger partial charge in [-0.15, -0.1) is 0 Å². The van der Waals surface area contributed by atoms with Crippen LogP contribution in [0.4, 0.5) is 5.69 Å². The van der Waals surface area contributed by atoms with E-state index >= 15 is 0 Å². The maximum Gasteiger partial charge on any atom is 0.210 e. The van der Waals surface area contributed by atoms with Crippen LogP contribution in [0.15, 0.2) is 42.7 Å². The van der Waals surface area contributed by atoms with Crippen molar-refractivity contribution in [1.29, 1.82) is 0 Å². The van der Waals surface area contributed by atoms with Crippen molar-refractivity contribution in [1.82, 2.24) is 4.57 Å².